The van der Waals surface area contributed by atoms with Gasteiger partial charge in [-0.15, -0.1) is 11.3 Å². The van der Waals surface area contributed by atoms with Gasteiger partial charge in [0.2, 0.25) is 0 Å². The van der Waals surface area contributed by atoms with Gasteiger partial charge < -0.3 is 14.5 Å². The smallest absolute Gasteiger partial charge is 0.253 e. The van der Waals surface area contributed by atoms with Gasteiger partial charge in [-0.25, -0.2) is 4.98 Å². The topological polar surface area (TPSA) is 45.7 Å². The molecule has 1 amide bonds. The van der Waals surface area contributed by atoms with Crippen LogP contribution in [0.1, 0.15) is 15.9 Å². The van der Waals surface area contributed by atoms with Crippen molar-refractivity contribution in [3.8, 4) is 5.75 Å². The summed E-state index contributed by atoms with van der Waals surface area (Å²) in [6.45, 7) is 3.57. The third kappa shape index (κ3) is 4.28. The molecule has 1 saturated heterocycles. The van der Waals surface area contributed by atoms with Crippen LogP contribution in [0.3, 0.4) is 0 Å². The number of hydrogen-bond acceptors (Lipinski definition) is 5. The zero-order valence-corrected chi connectivity index (χ0v) is 15.8. The lowest BCUT2D eigenvalue weighted by Crippen LogP contribution is -2.48. The Labute approximate surface area is 162 Å². The maximum absolute atomic E-state index is 12.7. The maximum Gasteiger partial charge on any atom is 0.253 e. The summed E-state index contributed by atoms with van der Waals surface area (Å²) in [6, 6.07) is 17.4. The molecule has 0 radical (unpaired) electrons. The lowest BCUT2D eigenvalue weighted by atomic mass is 10.1. The SMILES string of the molecule is O=C(c1ccc(COc2ccccc2)cc1)N1CCN(c2nccs2)CC1. The van der Waals surface area contributed by atoms with Crippen LogP contribution in [0.15, 0.2) is 66.2 Å². The molecule has 0 N–H and O–H groups in total. The number of rotatable bonds is 5. The number of ether oxygens (including phenoxy) is 1. The van der Waals surface area contributed by atoms with Gasteiger partial charge in [0.25, 0.3) is 5.91 Å². The van der Waals surface area contributed by atoms with E-state index in [9.17, 15) is 4.79 Å². The third-order valence-electron chi connectivity index (χ3n) is 4.61. The van der Waals surface area contributed by atoms with E-state index in [1.54, 1.807) is 11.3 Å². The van der Waals surface area contributed by atoms with Crippen LogP contribution in [-0.4, -0.2) is 42.0 Å². The van der Waals surface area contributed by atoms with E-state index in [-0.39, 0.29) is 5.91 Å². The minimum Gasteiger partial charge on any atom is -0.489 e. The second-order valence-corrected chi connectivity index (χ2v) is 7.27. The Morgan fingerprint density at radius 2 is 1.74 bits per heavy atom. The average molecular weight is 379 g/mol. The van der Waals surface area contributed by atoms with Gasteiger partial charge in [-0.05, 0) is 29.8 Å². The zero-order valence-electron chi connectivity index (χ0n) is 15.0. The van der Waals surface area contributed by atoms with Crippen molar-refractivity contribution in [2.45, 2.75) is 6.61 Å². The fourth-order valence-electron chi connectivity index (χ4n) is 3.08. The van der Waals surface area contributed by atoms with Crippen LogP contribution in [0.25, 0.3) is 0 Å². The number of piperazine rings is 1. The molecular weight excluding hydrogens is 358 g/mol. The Morgan fingerprint density at radius 3 is 2.41 bits per heavy atom. The molecule has 6 heteroatoms. The molecule has 138 valence electrons. The summed E-state index contributed by atoms with van der Waals surface area (Å²) in [7, 11) is 0. The lowest BCUT2D eigenvalue weighted by molar-refractivity contribution is 0.0746. The van der Waals surface area contributed by atoms with Gasteiger partial charge in [0.1, 0.15) is 12.4 Å². The highest BCUT2D eigenvalue weighted by Crippen LogP contribution is 2.20. The summed E-state index contributed by atoms with van der Waals surface area (Å²) >= 11 is 1.64. The molecule has 1 aliphatic rings. The van der Waals surface area contributed by atoms with E-state index < -0.39 is 0 Å². The van der Waals surface area contributed by atoms with Crippen molar-refractivity contribution in [1.29, 1.82) is 0 Å². The van der Waals surface area contributed by atoms with E-state index in [1.807, 2.05) is 71.1 Å². The van der Waals surface area contributed by atoms with Gasteiger partial charge in [0.05, 0.1) is 0 Å². The highest BCUT2D eigenvalue weighted by Gasteiger charge is 2.23. The second-order valence-electron chi connectivity index (χ2n) is 6.39. The third-order valence-corrected chi connectivity index (χ3v) is 5.44. The summed E-state index contributed by atoms with van der Waals surface area (Å²) < 4.78 is 5.75. The second kappa shape index (κ2) is 8.22. The molecule has 3 aromatic rings. The molecule has 4 rings (SSSR count). The normalized spacial score (nSPS) is 14.2. The van der Waals surface area contributed by atoms with E-state index in [1.165, 1.54) is 0 Å². The van der Waals surface area contributed by atoms with Gasteiger partial charge in [-0.1, -0.05) is 30.3 Å². The fraction of sp³-hybridized carbons (Fsp3) is 0.238. The summed E-state index contributed by atoms with van der Waals surface area (Å²) in [4.78, 5) is 21.2. The van der Waals surface area contributed by atoms with Crippen LogP contribution >= 0.6 is 11.3 Å². The number of anilines is 1. The summed E-state index contributed by atoms with van der Waals surface area (Å²) in [6.07, 6.45) is 1.82. The molecule has 0 aliphatic carbocycles. The van der Waals surface area contributed by atoms with E-state index in [0.717, 1.165) is 48.2 Å². The first-order valence-electron chi connectivity index (χ1n) is 9.00. The van der Waals surface area contributed by atoms with Crippen LogP contribution in [-0.2, 0) is 6.61 Å². The molecule has 1 fully saturated rings. The van der Waals surface area contributed by atoms with Crippen LogP contribution in [0.5, 0.6) is 5.75 Å². The van der Waals surface area contributed by atoms with Crippen LogP contribution < -0.4 is 9.64 Å². The van der Waals surface area contributed by atoms with Crippen molar-refractivity contribution >= 4 is 22.4 Å². The van der Waals surface area contributed by atoms with Crippen molar-refractivity contribution in [3.63, 3.8) is 0 Å². The van der Waals surface area contributed by atoms with E-state index in [4.69, 9.17) is 4.74 Å². The van der Waals surface area contributed by atoms with Gasteiger partial charge in [-0.3, -0.25) is 4.79 Å². The summed E-state index contributed by atoms with van der Waals surface area (Å²) in [5, 5.41) is 3.01. The molecule has 0 saturated carbocycles. The summed E-state index contributed by atoms with van der Waals surface area (Å²) in [5.41, 5.74) is 1.77. The first-order chi connectivity index (χ1) is 13.3. The van der Waals surface area contributed by atoms with Crippen LogP contribution in [0, 0.1) is 0 Å². The average Bonchev–Trinajstić information content (AvgIpc) is 3.28. The number of nitrogens with zero attached hydrogens (tertiary/aromatic N) is 3. The highest BCUT2D eigenvalue weighted by atomic mass is 32.1. The van der Waals surface area contributed by atoms with E-state index in [2.05, 4.69) is 9.88 Å². The zero-order chi connectivity index (χ0) is 18.5. The number of carbonyl (C=O) groups excluding carboxylic acids is 1. The fourth-order valence-corrected chi connectivity index (χ4v) is 3.78. The molecule has 0 unspecified atom stereocenters. The monoisotopic (exact) mass is 379 g/mol. The molecule has 27 heavy (non-hydrogen) atoms. The minimum absolute atomic E-state index is 0.0873. The molecule has 0 atom stereocenters. The first kappa shape index (κ1) is 17.5. The molecule has 1 aliphatic heterocycles. The molecule has 2 aromatic carbocycles. The van der Waals surface area contributed by atoms with Gasteiger partial charge in [0, 0.05) is 43.3 Å². The largest absolute Gasteiger partial charge is 0.489 e. The number of para-hydroxylation sites is 1. The van der Waals surface area contributed by atoms with Crippen molar-refractivity contribution in [2.24, 2.45) is 0 Å². The van der Waals surface area contributed by atoms with Crippen molar-refractivity contribution in [2.75, 3.05) is 31.1 Å². The Bertz CT molecular complexity index is 858. The maximum atomic E-state index is 12.7. The number of carbonyl (C=O) groups is 1. The van der Waals surface area contributed by atoms with Crippen LogP contribution in [0.4, 0.5) is 5.13 Å². The predicted molar refractivity (Wildman–Crippen MR) is 107 cm³/mol. The minimum atomic E-state index is 0.0873. The van der Waals surface area contributed by atoms with Crippen molar-refractivity contribution in [1.82, 2.24) is 9.88 Å². The number of amides is 1. The number of thiazole rings is 1. The molecule has 0 bridgehead atoms. The highest BCUT2D eigenvalue weighted by molar-refractivity contribution is 7.13. The van der Waals surface area contributed by atoms with Crippen molar-refractivity contribution in [3.05, 3.63) is 77.3 Å². The van der Waals surface area contributed by atoms with Gasteiger partial charge in [0.15, 0.2) is 5.13 Å². The molecular formula is C21H21N3O2S. The molecule has 1 aromatic heterocycles. The first-order valence-corrected chi connectivity index (χ1v) is 9.88. The number of benzene rings is 2. The Kier molecular flexibility index (Phi) is 5.34. The Hall–Kier alpha value is -2.86. The summed E-state index contributed by atoms with van der Waals surface area (Å²) in [5.74, 6) is 0.931. The molecule has 0 spiro atoms. The lowest BCUT2D eigenvalue weighted by Gasteiger charge is -2.34. The van der Waals surface area contributed by atoms with E-state index >= 15 is 0 Å². The van der Waals surface area contributed by atoms with Crippen molar-refractivity contribution < 1.29 is 9.53 Å². The quantitative estimate of drug-likeness (QED) is 0.678. The Morgan fingerprint density at radius 1 is 1.00 bits per heavy atom. The standard InChI is InChI=1S/C21H21N3O2S/c25-20(23-11-13-24(14-12-23)21-22-10-15-27-21)18-8-6-17(7-9-18)16-26-19-4-2-1-3-5-19/h1-10,15H,11-14,16H2. The van der Waals surface area contributed by atoms with Gasteiger partial charge >= 0.3 is 0 Å². The molecule has 5 nitrogen and oxygen atoms in total. The number of aromatic nitrogens is 1. The van der Waals surface area contributed by atoms with Gasteiger partial charge in [-0.2, -0.15) is 0 Å². The predicted octanol–water partition coefficient (Wildman–Crippen LogP) is 3.68. The van der Waals surface area contributed by atoms with Crippen LogP contribution in [0.2, 0.25) is 0 Å². The molecule has 2 heterocycles. The Balaban J connectivity index is 1.31. The number of hydrogen-bond donors (Lipinski definition) is 0. The van der Waals surface area contributed by atoms with E-state index in [0.29, 0.717) is 6.61 Å².